The molecule has 1 aromatic carbocycles. The van der Waals surface area contributed by atoms with Crippen LogP contribution in [0, 0.1) is 0 Å². The van der Waals surface area contributed by atoms with Crippen LogP contribution >= 0.6 is 0 Å². The zero-order chi connectivity index (χ0) is 12.8. The molecule has 1 unspecified atom stereocenters. The lowest BCUT2D eigenvalue weighted by atomic mass is 10.1. The van der Waals surface area contributed by atoms with Crippen molar-refractivity contribution < 1.29 is 14.7 Å². The van der Waals surface area contributed by atoms with Crippen molar-refractivity contribution in [2.45, 2.75) is 25.4 Å². The van der Waals surface area contributed by atoms with E-state index in [-0.39, 0.29) is 0 Å². The maximum atomic E-state index is 11.6. The molecule has 5 heteroatoms. The number of carbonyl (C=O) groups is 2. The van der Waals surface area contributed by atoms with Crippen LogP contribution in [0.25, 0.3) is 0 Å². The van der Waals surface area contributed by atoms with Gasteiger partial charge in [0.05, 0.1) is 6.04 Å². The van der Waals surface area contributed by atoms with Gasteiger partial charge in [-0.1, -0.05) is 37.3 Å². The van der Waals surface area contributed by atoms with E-state index in [9.17, 15) is 9.59 Å². The number of amides is 1. The number of carbonyl (C=O) groups excluding carboxylic acids is 1. The number of carboxylic acid groups (broad SMARTS) is 1. The smallest absolute Gasteiger partial charge is 0.330 e. The molecule has 0 aliphatic carbocycles. The number of hydrogen-bond acceptors (Lipinski definition) is 3. The molecule has 2 atom stereocenters. The molecule has 0 heterocycles. The number of hydrogen-bond donors (Lipinski definition) is 3. The van der Waals surface area contributed by atoms with Crippen molar-refractivity contribution in [3.05, 3.63) is 35.9 Å². The van der Waals surface area contributed by atoms with Crippen molar-refractivity contribution in [3.8, 4) is 0 Å². The summed E-state index contributed by atoms with van der Waals surface area (Å²) in [6, 6.07) is 6.78. The summed E-state index contributed by atoms with van der Waals surface area (Å²) in [6.45, 7) is 1.77. The van der Waals surface area contributed by atoms with Crippen molar-refractivity contribution in [1.82, 2.24) is 5.32 Å². The van der Waals surface area contributed by atoms with Gasteiger partial charge in [-0.15, -0.1) is 0 Å². The number of aliphatic carboxylic acids is 1. The Bertz CT molecular complexity index is 392. The Kier molecular flexibility index (Phi) is 4.66. The van der Waals surface area contributed by atoms with E-state index in [1.54, 1.807) is 37.3 Å². The van der Waals surface area contributed by atoms with E-state index in [2.05, 4.69) is 5.32 Å². The molecular weight excluding hydrogens is 220 g/mol. The molecule has 0 saturated carbocycles. The maximum absolute atomic E-state index is 11.6. The van der Waals surface area contributed by atoms with Gasteiger partial charge in [0.2, 0.25) is 5.91 Å². The van der Waals surface area contributed by atoms with E-state index < -0.39 is 24.0 Å². The summed E-state index contributed by atoms with van der Waals surface area (Å²) in [5.41, 5.74) is 6.06. The van der Waals surface area contributed by atoms with Crippen LogP contribution in [0.5, 0.6) is 0 Å². The van der Waals surface area contributed by atoms with Gasteiger partial charge in [-0.25, -0.2) is 4.79 Å². The lowest BCUT2D eigenvalue weighted by Crippen LogP contribution is -2.43. The molecule has 0 saturated heterocycles. The van der Waals surface area contributed by atoms with Crippen LogP contribution in [-0.4, -0.2) is 23.0 Å². The average Bonchev–Trinajstić information content (AvgIpc) is 2.35. The van der Waals surface area contributed by atoms with E-state index in [1.807, 2.05) is 0 Å². The molecule has 0 fully saturated rings. The third-order valence-corrected chi connectivity index (χ3v) is 2.44. The van der Waals surface area contributed by atoms with Gasteiger partial charge < -0.3 is 16.2 Å². The van der Waals surface area contributed by atoms with Crippen molar-refractivity contribution in [2.24, 2.45) is 5.73 Å². The Morgan fingerprint density at radius 1 is 1.35 bits per heavy atom. The van der Waals surface area contributed by atoms with Gasteiger partial charge >= 0.3 is 5.97 Å². The predicted octanol–water partition coefficient (Wildman–Crippen LogP) is 0.666. The molecule has 0 aliphatic rings. The predicted molar refractivity (Wildman–Crippen MR) is 63.2 cm³/mol. The summed E-state index contributed by atoms with van der Waals surface area (Å²) in [4.78, 5) is 22.7. The molecular formula is C12H16N2O3. The fraction of sp³-hybridized carbons (Fsp3) is 0.333. The Morgan fingerprint density at radius 2 is 1.94 bits per heavy atom. The summed E-state index contributed by atoms with van der Waals surface area (Å²) >= 11 is 0. The van der Waals surface area contributed by atoms with Crippen molar-refractivity contribution in [1.29, 1.82) is 0 Å². The molecule has 0 aromatic heterocycles. The summed E-state index contributed by atoms with van der Waals surface area (Å²) in [5, 5.41) is 11.5. The normalized spacial score (nSPS) is 13.8. The van der Waals surface area contributed by atoms with Crippen LogP contribution in [-0.2, 0) is 9.59 Å². The highest BCUT2D eigenvalue weighted by molar-refractivity contribution is 5.87. The van der Waals surface area contributed by atoms with Crippen molar-refractivity contribution in [2.75, 3.05) is 0 Å². The molecule has 0 radical (unpaired) electrons. The molecule has 0 bridgehead atoms. The summed E-state index contributed by atoms with van der Waals surface area (Å²) in [7, 11) is 0. The Hall–Kier alpha value is -1.88. The largest absolute Gasteiger partial charge is 0.479 e. The van der Waals surface area contributed by atoms with Crippen molar-refractivity contribution >= 4 is 11.9 Å². The second-order valence-electron chi connectivity index (χ2n) is 3.71. The molecule has 17 heavy (non-hydrogen) atoms. The zero-order valence-corrected chi connectivity index (χ0v) is 9.59. The van der Waals surface area contributed by atoms with E-state index in [0.717, 1.165) is 0 Å². The quantitative estimate of drug-likeness (QED) is 0.700. The number of nitrogens with two attached hydrogens (primary N) is 1. The average molecular weight is 236 g/mol. The Balaban J connectivity index is 2.82. The Morgan fingerprint density at radius 3 is 2.41 bits per heavy atom. The lowest BCUT2D eigenvalue weighted by molar-refractivity contribution is -0.142. The summed E-state index contributed by atoms with van der Waals surface area (Å²) in [5.74, 6) is -1.56. The lowest BCUT2D eigenvalue weighted by Gasteiger charge is -2.17. The van der Waals surface area contributed by atoms with Gasteiger partial charge in [-0.05, 0) is 12.0 Å². The standard InChI is InChI=1S/C12H16N2O3/c1-2-9(13)11(15)14-10(12(16)17)8-6-4-3-5-7-8/h3-7,9-10H,2,13H2,1H3,(H,14,15)(H,16,17)/t9-,10?/m1/s1. The second-order valence-corrected chi connectivity index (χ2v) is 3.71. The minimum atomic E-state index is -1.10. The van der Waals surface area contributed by atoms with E-state index in [0.29, 0.717) is 12.0 Å². The van der Waals surface area contributed by atoms with Gasteiger partial charge in [-0.3, -0.25) is 4.79 Å². The summed E-state index contributed by atoms with van der Waals surface area (Å²) < 4.78 is 0. The van der Waals surface area contributed by atoms with Crippen LogP contribution in [0.3, 0.4) is 0 Å². The number of rotatable bonds is 5. The number of benzene rings is 1. The minimum Gasteiger partial charge on any atom is -0.479 e. The van der Waals surface area contributed by atoms with Gasteiger partial charge in [0.15, 0.2) is 6.04 Å². The highest BCUT2D eigenvalue weighted by Crippen LogP contribution is 2.12. The molecule has 1 aromatic rings. The SMILES string of the molecule is CC[C@@H](N)C(=O)NC(C(=O)O)c1ccccc1. The van der Waals surface area contributed by atoms with Crippen LogP contribution in [0.15, 0.2) is 30.3 Å². The maximum Gasteiger partial charge on any atom is 0.330 e. The molecule has 92 valence electrons. The highest BCUT2D eigenvalue weighted by atomic mass is 16.4. The van der Waals surface area contributed by atoms with Gasteiger partial charge in [-0.2, -0.15) is 0 Å². The van der Waals surface area contributed by atoms with E-state index in [4.69, 9.17) is 10.8 Å². The van der Waals surface area contributed by atoms with E-state index in [1.165, 1.54) is 0 Å². The molecule has 1 amide bonds. The van der Waals surface area contributed by atoms with Crippen LogP contribution in [0.4, 0.5) is 0 Å². The Labute approximate surface area is 99.6 Å². The molecule has 1 rings (SSSR count). The van der Waals surface area contributed by atoms with Crippen LogP contribution in [0.2, 0.25) is 0 Å². The third-order valence-electron chi connectivity index (χ3n) is 2.44. The first kappa shape index (κ1) is 13.2. The van der Waals surface area contributed by atoms with Gasteiger partial charge in [0.1, 0.15) is 0 Å². The minimum absolute atomic E-state index is 0.455. The topological polar surface area (TPSA) is 92.4 Å². The molecule has 0 aliphatic heterocycles. The number of carboxylic acids is 1. The zero-order valence-electron chi connectivity index (χ0n) is 9.59. The molecule has 5 nitrogen and oxygen atoms in total. The number of nitrogens with one attached hydrogen (secondary N) is 1. The van der Waals surface area contributed by atoms with Gasteiger partial charge in [0, 0.05) is 0 Å². The second kappa shape index (κ2) is 6.00. The fourth-order valence-corrected chi connectivity index (χ4v) is 1.37. The molecule has 4 N–H and O–H groups in total. The molecule has 0 spiro atoms. The van der Waals surface area contributed by atoms with Crippen molar-refractivity contribution in [3.63, 3.8) is 0 Å². The summed E-state index contributed by atoms with van der Waals surface area (Å²) in [6.07, 6.45) is 0.465. The third kappa shape index (κ3) is 3.57. The first-order valence-electron chi connectivity index (χ1n) is 5.40. The van der Waals surface area contributed by atoms with Crippen LogP contribution in [0.1, 0.15) is 24.9 Å². The van der Waals surface area contributed by atoms with Gasteiger partial charge in [0.25, 0.3) is 0 Å². The first-order chi connectivity index (χ1) is 8.06. The fourth-order valence-electron chi connectivity index (χ4n) is 1.37. The van der Waals surface area contributed by atoms with E-state index >= 15 is 0 Å². The highest BCUT2D eigenvalue weighted by Gasteiger charge is 2.23. The monoisotopic (exact) mass is 236 g/mol. The van der Waals surface area contributed by atoms with Crippen LogP contribution < -0.4 is 11.1 Å². The first-order valence-corrected chi connectivity index (χ1v) is 5.40.